The zero-order valence-corrected chi connectivity index (χ0v) is 13.2. The summed E-state index contributed by atoms with van der Waals surface area (Å²) in [6.07, 6.45) is -10.5. The minimum absolute atomic E-state index is 0.302. The van der Waals surface area contributed by atoms with Crippen LogP contribution in [0.25, 0.3) is 11.5 Å². The molecule has 0 saturated heterocycles. The molecule has 0 fully saturated rings. The molecule has 2 aromatic carbocycles. The molecule has 0 radical (unpaired) electrons. The first-order valence-electron chi connectivity index (χ1n) is 7.22. The maximum atomic E-state index is 13.0. The highest BCUT2D eigenvalue weighted by atomic mass is 19.4. The van der Waals surface area contributed by atoms with Crippen molar-refractivity contribution in [2.45, 2.75) is 12.4 Å². The molecule has 0 saturated carbocycles. The Labute approximate surface area is 148 Å². The van der Waals surface area contributed by atoms with Crippen LogP contribution in [0.15, 0.2) is 60.7 Å². The Morgan fingerprint density at radius 2 is 0.889 bits per heavy atom. The minimum Gasteiger partial charge on any atom is -0.456 e. The third kappa shape index (κ3) is 6.76. The Hall–Kier alpha value is -2.84. The van der Waals surface area contributed by atoms with Gasteiger partial charge in [-0.15, -0.1) is 0 Å². The van der Waals surface area contributed by atoms with E-state index in [0.717, 1.165) is 48.5 Å². The molecule has 27 heavy (non-hydrogen) atoms. The number of rotatable bonds is 4. The number of ether oxygens (including phenoxy) is 1. The Bertz CT molecular complexity index is 756. The number of hydrogen-bond donors (Lipinski definition) is 0. The second-order valence-electron chi connectivity index (χ2n) is 5.22. The van der Waals surface area contributed by atoms with Crippen molar-refractivity contribution in [1.29, 1.82) is 0 Å². The Morgan fingerprint density at radius 1 is 0.593 bits per heavy atom. The molecule has 0 atom stereocenters. The van der Waals surface area contributed by atoms with Gasteiger partial charge in [-0.05, 0) is 48.5 Å². The monoisotopic (exact) mass is 394 g/mol. The Balaban J connectivity index is 2.52. The molecule has 2 aromatic rings. The molecular weight excluding hydrogens is 384 g/mol. The van der Waals surface area contributed by atoms with Gasteiger partial charge in [0.25, 0.3) is 0 Å². The molecule has 0 unspecified atom stereocenters. The highest BCUT2D eigenvalue weighted by Crippen LogP contribution is 2.32. The second kappa shape index (κ2) is 7.81. The lowest BCUT2D eigenvalue weighted by molar-refractivity contribution is -0.0803. The zero-order valence-electron chi connectivity index (χ0n) is 13.2. The smallest absolute Gasteiger partial charge is 0.413 e. The topological polar surface area (TPSA) is 9.23 Å². The molecule has 0 spiro atoms. The van der Waals surface area contributed by atoms with Crippen molar-refractivity contribution in [1.82, 2.24) is 0 Å². The van der Waals surface area contributed by atoms with Gasteiger partial charge < -0.3 is 4.74 Å². The van der Waals surface area contributed by atoms with E-state index < -0.39 is 35.5 Å². The van der Waals surface area contributed by atoms with Crippen LogP contribution in [0.2, 0.25) is 0 Å². The summed E-state index contributed by atoms with van der Waals surface area (Å²) in [5.74, 6) is -3.48. The molecule has 0 aromatic heterocycles. The van der Waals surface area contributed by atoms with E-state index in [0.29, 0.717) is 0 Å². The normalized spacial score (nSPS) is 13.6. The fraction of sp³-hybridized carbons (Fsp3) is 0.111. The Morgan fingerprint density at radius 3 is 1.15 bits per heavy atom. The van der Waals surface area contributed by atoms with Gasteiger partial charge in [0.1, 0.15) is 23.2 Å². The van der Waals surface area contributed by atoms with Crippen molar-refractivity contribution in [3.05, 3.63) is 83.4 Å². The van der Waals surface area contributed by atoms with E-state index in [4.69, 9.17) is 4.74 Å². The summed E-state index contributed by atoms with van der Waals surface area (Å²) in [7, 11) is 0. The first kappa shape index (κ1) is 20.5. The van der Waals surface area contributed by atoms with Crippen molar-refractivity contribution in [3.8, 4) is 0 Å². The van der Waals surface area contributed by atoms with Gasteiger partial charge in [-0.2, -0.15) is 26.3 Å². The standard InChI is InChI=1S/C18H10F8O/c19-13-5-1-11(2-6-13)15(9-17(21,22)23)27-16(10-18(24,25)26)12-3-7-14(20)8-4-12/h1-10H. The van der Waals surface area contributed by atoms with Crippen LogP contribution < -0.4 is 0 Å². The first-order chi connectivity index (χ1) is 12.4. The van der Waals surface area contributed by atoms with Crippen molar-refractivity contribution >= 4 is 11.5 Å². The molecular formula is C18H10F8O. The SMILES string of the molecule is Fc1ccc(C(=CC(F)(F)F)OC(=CC(F)(F)F)c2ccc(F)cc2)cc1. The Kier molecular flexibility index (Phi) is 5.92. The van der Waals surface area contributed by atoms with E-state index in [-0.39, 0.29) is 23.3 Å². The molecule has 0 aliphatic carbocycles. The van der Waals surface area contributed by atoms with Gasteiger partial charge in [-0.1, -0.05) is 0 Å². The molecule has 0 N–H and O–H groups in total. The van der Waals surface area contributed by atoms with Crippen LogP contribution in [-0.2, 0) is 4.74 Å². The average Bonchev–Trinajstić information content (AvgIpc) is 2.52. The van der Waals surface area contributed by atoms with E-state index in [1.54, 1.807) is 0 Å². The van der Waals surface area contributed by atoms with Crippen LogP contribution in [0.3, 0.4) is 0 Å². The highest BCUT2D eigenvalue weighted by molar-refractivity contribution is 5.70. The van der Waals surface area contributed by atoms with Crippen molar-refractivity contribution in [2.24, 2.45) is 0 Å². The van der Waals surface area contributed by atoms with Gasteiger partial charge in [-0.25, -0.2) is 8.78 Å². The lowest BCUT2D eigenvalue weighted by atomic mass is 10.1. The molecule has 144 valence electrons. The summed E-state index contributed by atoms with van der Waals surface area (Å²) in [6, 6.07) is 6.99. The molecule has 0 amide bonds. The van der Waals surface area contributed by atoms with E-state index in [1.807, 2.05) is 0 Å². The maximum absolute atomic E-state index is 13.0. The number of alkyl halides is 6. The molecule has 0 aliphatic rings. The van der Waals surface area contributed by atoms with Gasteiger partial charge in [-0.3, -0.25) is 0 Å². The van der Waals surface area contributed by atoms with Crippen LogP contribution in [-0.4, -0.2) is 12.4 Å². The van der Waals surface area contributed by atoms with E-state index >= 15 is 0 Å². The van der Waals surface area contributed by atoms with Crippen molar-refractivity contribution in [2.75, 3.05) is 0 Å². The fourth-order valence-corrected chi connectivity index (χ4v) is 1.99. The quantitative estimate of drug-likeness (QED) is 0.426. The maximum Gasteiger partial charge on any atom is 0.413 e. The van der Waals surface area contributed by atoms with E-state index in [2.05, 4.69) is 0 Å². The van der Waals surface area contributed by atoms with E-state index in [9.17, 15) is 35.1 Å². The number of benzene rings is 2. The predicted octanol–water partition coefficient (Wildman–Crippen LogP) is 6.49. The predicted molar refractivity (Wildman–Crippen MR) is 81.9 cm³/mol. The summed E-state index contributed by atoms with van der Waals surface area (Å²) in [4.78, 5) is 0. The van der Waals surface area contributed by atoms with Gasteiger partial charge in [0.15, 0.2) is 0 Å². The summed E-state index contributed by atoms with van der Waals surface area (Å²) in [6.45, 7) is 0. The fourth-order valence-electron chi connectivity index (χ4n) is 1.99. The molecule has 0 aliphatic heterocycles. The lowest BCUT2D eigenvalue weighted by Gasteiger charge is -2.16. The van der Waals surface area contributed by atoms with Gasteiger partial charge >= 0.3 is 12.4 Å². The third-order valence-corrected chi connectivity index (χ3v) is 3.07. The molecule has 2 rings (SSSR count). The van der Waals surface area contributed by atoms with Gasteiger partial charge in [0, 0.05) is 11.1 Å². The largest absolute Gasteiger partial charge is 0.456 e. The summed E-state index contributed by atoms with van der Waals surface area (Å²) in [5, 5.41) is 0. The van der Waals surface area contributed by atoms with Crippen LogP contribution in [0.5, 0.6) is 0 Å². The third-order valence-electron chi connectivity index (χ3n) is 3.07. The van der Waals surface area contributed by atoms with Crippen LogP contribution in [0.1, 0.15) is 11.1 Å². The summed E-state index contributed by atoms with van der Waals surface area (Å²) >= 11 is 0. The molecule has 0 heterocycles. The summed E-state index contributed by atoms with van der Waals surface area (Å²) in [5.41, 5.74) is -0.604. The van der Waals surface area contributed by atoms with Crippen LogP contribution in [0.4, 0.5) is 35.1 Å². The first-order valence-corrected chi connectivity index (χ1v) is 7.22. The summed E-state index contributed by atoms with van der Waals surface area (Å²) < 4.78 is 108. The lowest BCUT2D eigenvalue weighted by Crippen LogP contribution is -2.08. The zero-order chi connectivity index (χ0) is 20.2. The van der Waals surface area contributed by atoms with Crippen LogP contribution in [0, 0.1) is 11.6 Å². The number of allylic oxidation sites excluding steroid dienone is 2. The van der Waals surface area contributed by atoms with Gasteiger partial charge in [0.2, 0.25) is 0 Å². The van der Waals surface area contributed by atoms with Gasteiger partial charge in [0.05, 0.1) is 12.2 Å². The van der Waals surface area contributed by atoms with Crippen LogP contribution >= 0.6 is 0 Å². The number of hydrogen-bond acceptors (Lipinski definition) is 1. The molecule has 0 bridgehead atoms. The second-order valence-corrected chi connectivity index (χ2v) is 5.22. The number of halogens is 8. The van der Waals surface area contributed by atoms with E-state index in [1.165, 1.54) is 0 Å². The van der Waals surface area contributed by atoms with Crippen molar-refractivity contribution < 1.29 is 39.9 Å². The molecule has 9 heteroatoms. The highest BCUT2D eigenvalue weighted by Gasteiger charge is 2.29. The average molecular weight is 394 g/mol. The molecule has 1 nitrogen and oxygen atoms in total. The van der Waals surface area contributed by atoms with Crippen molar-refractivity contribution in [3.63, 3.8) is 0 Å². The minimum atomic E-state index is -4.92.